The highest BCUT2D eigenvalue weighted by Crippen LogP contribution is 2.19. The number of amides is 1. The summed E-state index contributed by atoms with van der Waals surface area (Å²) in [6.07, 6.45) is 0.486. The summed E-state index contributed by atoms with van der Waals surface area (Å²) >= 11 is 0. The van der Waals surface area contributed by atoms with Crippen LogP contribution in [0.25, 0.3) is 0 Å². The van der Waals surface area contributed by atoms with E-state index in [4.69, 9.17) is 5.11 Å². The lowest BCUT2D eigenvalue weighted by atomic mass is 10.0. The third kappa shape index (κ3) is 5.28. The van der Waals surface area contributed by atoms with Gasteiger partial charge >= 0.3 is 0 Å². The van der Waals surface area contributed by atoms with E-state index in [9.17, 15) is 9.90 Å². The summed E-state index contributed by atoms with van der Waals surface area (Å²) in [5, 5.41) is 24.8. The minimum Gasteiger partial charge on any atom is -0.396 e. The summed E-state index contributed by atoms with van der Waals surface area (Å²) in [6.45, 7) is 4.50. The summed E-state index contributed by atoms with van der Waals surface area (Å²) in [6, 6.07) is 7.08. The van der Waals surface area contributed by atoms with Gasteiger partial charge in [0.25, 0.3) is 0 Å². The number of nitrogens with one attached hydrogen (secondary N) is 2. The topological polar surface area (TPSA) is 81.6 Å². The Morgan fingerprint density at radius 3 is 2.50 bits per heavy atom. The molecular weight excluding hydrogens is 256 g/mol. The number of aliphatic hydroxyl groups excluding tert-OH is 2. The van der Waals surface area contributed by atoms with Crippen LogP contribution in [0.1, 0.15) is 38.4 Å². The first-order valence-corrected chi connectivity index (χ1v) is 7.00. The van der Waals surface area contributed by atoms with Crippen molar-refractivity contribution in [2.24, 2.45) is 0 Å². The lowest BCUT2D eigenvalue weighted by Gasteiger charge is -2.20. The lowest BCUT2D eigenvalue weighted by molar-refractivity contribution is -0.115. The molecule has 2 unspecified atom stereocenters. The molecule has 5 nitrogen and oxygen atoms in total. The molecule has 0 heterocycles. The van der Waals surface area contributed by atoms with Gasteiger partial charge in [-0.1, -0.05) is 19.1 Å². The number of aliphatic hydroxyl groups is 2. The molecule has 1 aromatic carbocycles. The van der Waals surface area contributed by atoms with Crippen LogP contribution in [0.3, 0.4) is 0 Å². The Bertz CT molecular complexity index is 406. The molecule has 0 spiro atoms. The average molecular weight is 280 g/mol. The molecule has 0 saturated heterocycles. The lowest BCUT2D eigenvalue weighted by Crippen LogP contribution is -2.33. The fourth-order valence-corrected chi connectivity index (χ4v) is 1.82. The Morgan fingerprint density at radius 2 is 1.95 bits per heavy atom. The maximum atomic E-state index is 11.3. The first-order chi connectivity index (χ1) is 9.58. The molecule has 0 saturated carbocycles. The van der Waals surface area contributed by atoms with Crippen molar-refractivity contribution in [1.29, 1.82) is 0 Å². The second-order valence-electron chi connectivity index (χ2n) is 4.79. The van der Waals surface area contributed by atoms with E-state index in [1.165, 1.54) is 0 Å². The Labute approximate surface area is 120 Å². The number of carbonyl (C=O) groups is 1. The van der Waals surface area contributed by atoms with Crippen LogP contribution in [0.4, 0.5) is 5.69 Å². The van der Waals surface area contributed by atoms with Crippen molar-refractivity contribution < 1.29 is 15.0 Å². The molecular formula is C15H24N2O3. The largest absolute Gasteiger partial charge is 0.396 e. The zero-order valence-corrected chi connectivity index (χ0v) is 12.1. The average Bonchev–Trinajstić information content (AvgIpc) is 2.47. The molecule has 4 N–H and O–H groups in total. The molecule has 0 aliphatic heterocycles. The molecule has 0 aliphatic rings. The molecule has 0 aliphatic carbocycles. The van der Waals surface area contributed by atoms with Crippen molar-refractivity contribution in [3.63, 3.8) is 0 Å². The summed E-state index contributed by atoms with van der Waals surface area (Å²) in [5.41, 5.74) is 1.53. The van der Waals surface area contributed by atoms with E-state index in [1.807, 2.05) is 6.92 Å². The number of rotatable bonds is 8. The van der Waals surface area contributed by atoms with Crippen LogP contribution in [-0.2, 0) is 4.79 Å². The molecule has 2 atom stereocenters. The van der Waals surface area contributed by atoms with Gasteiger partial charge in [0.1, 0.15) is 0 Å². The summed E-state index contributed by atoms with van der Waals surface area (Å²) in [4.78, 5) is 11.3. The molecule has 112 valence electrons. The zero-order chi connectivity index (χ0) is 15.0. The molecule has 1 rings (SSSR count). The van der Waals surface area contributed by atoms with Gasteiger partial charge in [-0.15, -0.1) is 0 Å². The number of carbonyl (C=O) groups excluding carboxylic acids is 1. The molecule has 0 bridgehead atoms. The van der Waals surface area contributed by atoms with E-state index < -0.39 is 6.10 Å². The Balaban J connectivity index is 2.56. The second-order valence-corrected chi connectivity index (χ2v) is 4.79. The monoisotopic (exact) mass is 280 g/mol. The Kier molecular flexibility index (Phi) is 7.22. The van der Waals surface area contributed by atoms with Crippen LogP contribution in [0.2, 0.25) is 0 Å². The van der Waals surface area contributed by atoms with Crippen LogP contribution in [0, 0.1) is 0 Å². The van der Waals surface area contributed by atoms with Gasteiger partial charge in [-0.25, -0.2) is 0 Å². The van der Waals surface area contributed by atoms with Gasteiger partial charge in [-0.2, -0.15) is 0 Å². The van der Waals surface area contributed by atoms with Gasteiger partial charge in [0.15, 0.2) is 0 Å². The summed E-state index contributed by atoms with van der Waals surface area (Å²) in [7, 11) is 0. The molecule has 1 aromatic rings. The third-order valence-corrected chi connectivity index (χ3v) is 3.13. The molecule has 0 aromatic heterocycles. The Morgan fingerprint density at radius 1 is 1.30 bits per heavy atom. The van der Waals surface area contributed by atoms with E-state index >= 15 is 0 Å². The fourth-order valence-electron chi connectivity index (χ4n) is 1.82. The van der Waals surface area contributed by atoms with Gasteiger partial charge in [0.2, 0.25) is 5.91 Å². The smallest absolute Gasteiger partial charge is 0.224 e. The second kappa shape index (κ2) is 8.68. The van der Waals surface area contributed by atoms with Crippen molar-refractivity contribution in [2.75, 3.05) is 18.5 Å². The molecule has 1 amide bonds. The maximum absolute atomic E-state index is 11.3. The van der Waals surface area contributed by atoms with Crippen molar-refractivity contribution in [3.8, 4) is 0 Å². The number of hydrogen-bond donors (Lipinski definition) is 4. The van der Waals surface area contributed by atoms with E-state index in [-0.39, 0.29) is 18.6 Å². The van der Waals surface area contributed by atoms with Crippen LogP contribution < -0.4 is 10.6 Å². The van der Waals surface area contributed by atoms with Crippen LogP contribution in [-0.4, -0.2) is 35.3 Å². The molecule has 0 radical (unpaired) electrons. The van der Waals surface area contributed by atoms with Crippen molar-refractivity contribution in [2.45, 2.75) is 38.8 Å². The quantitative estimate of drug-likeness (QED) is 0.543. The fraction of sp³-hybridized carbons (Fsp3) is 0.533. The minimum absolute atomic E-state index is 0.0302. The highest BCUT2D eigenvalue weighted by molar-refractivity contribution is 5.90. The van der Waals surface area contributed by atoms with Crippen molar-refractivity contribution in [3.05, 3.63) is 29.8 Å². The predicted octanol–water partition coefficient (Wildman–Crippen LogP) is 1.43. The van der Waals surface area contributed by atoms with E-state index in [0.29, 0.717) is 19.4 Å². The summed E-state index contributed by atoms with van der Waals surface area (Å²) < 4.78 is 0. The van der Waals surface area contributed by atoms with Gasteiger partial charge in [-0.3, -0.25) is 4.79 Å². The minimum atomic E-state index is -0.621. The number of benzene rings is 1. The highest BCUT2D eigenvalue weighted by Gasteiger charge is 2.15. The van der Waals surface area contributed by atoms with Crippen molar-refractivity contribution >= 4 is 11.6 Å². The first-order valence-electron chi connectivity index (χ1n) is 7.00. The number of hydrogen-bond acceptors (Lipinski definition) is 4. The normalized spacial score (nSPS) is 13.8. The highest BCUT2D eigenvalue weighted by atomic mass is 16.3. The van der Waals surface area contributed by atoms with Gasteiger partial charge < -0.3 is 20.8 Å². The van der Waals surface area contributed by atoms with E-state index in [0.717, 1.165) is 11.3 Å². The predicted molar refractivity (Wildman–Crippen MR) is 79.5 cm³/mol. The van der Waals surface area contributed by atoms with Crippen LogP contribution in [0.5, 0.6) is 0 Å². The van der Waals surface area contributed by atoms with Gasteiger partial charge in [-0.05, 0) is 37.6 Å². The van der Waals surface area contributed by atoms with Crippen molar-refractivity contribution in [1.82, 2.24) is 5.32 Å². The van der Waals surface area contributed by atoms with E-state index in [2.05, 4.69) is 10.6 Å². The molecule has 5 heteroatoms. The van der Waals surface area contributed by atoms with Gasteiger partial charge in [0.05, 0.1) is 6.10 Å². The molecule has 20 heavy (non-hydrogen) atoms. The molecule has 0 fully saturated rings. The standard InChI is InChI=1S/C15H24N2O3/c1-3-14(19)17-13-7-5-12(6-8-13)15(20)11(2)16-9-4-10-18/h5-8,11,15-16,18,20H,3-4,9-10H2,1-2H3,(H,17,19). The maximum Gasteiger partial charge on any atom is 0.224 e. The van der Waals surface area contributed by atoms with Crippen LogP contribution in [0.15, 0.2) is 24.3 Å². The first kappa shape index (κ1) is 16.6. The SMILES string of the molecule is CCC(=O)Nc1ccc(C(O)C(C)NCCCO)cc1. The summed E-state index contributed by atoms with van der Waals surface area (Å²) in [5.74, 6) is -0.0302. The Hall–Kier alpha value is -1.43. The zero-order valence-electron chi connectivity index (χ0n) is 12.1. The van der Waals surface area contributed by atoms with E-state index in [1.54, 1.807) is 31.2 Å². The third-order valence-electron chi connectivity index (χ3n) is 3.13. The van der Waals surface area contributed by atoms with Gasteiger partial charge in [0, 0.05) is 24.8 Å². The number of anilines is 1. The van der Waals surface area contributed by atoms with Crippen LogP contribution >= 0.6 is 0 Å².